The van der Waals surface area contributed by atoms with Gasteiger partial charge >= 0.3 is 5.69 Å². The van der Waals surface area contributed by atoms with Gasteiger partial charge in [-0.2, -0.15) is 4.98 Å². The average molecular weight is 295 g/mol. The highest BCUT2D eigenvalue weighted by molar-refractivity contribution is 6.29. The second kappa shape index (κ2) is 5.49. The summed E-state index contributed by atoms with van der Waals surface area (Å²) in [5.74, 6) is -0.343. The van der Waals surface area contributed by atoms with E-state index in [1.807, 2.05) is 0 Å². The Morgan fingerprint density at radius 3 is 2.70 bits per heavy atom. The number of nitrogens with zero attached hydrogens (tertiary/aromatic N) is 3. The number of benzene rings is 1. The van der Waals surface area contributed by atoms with E-state index < -0.39 is 4.92 Å². The first-order valence-corrected chi connectivity index (χ1v) is 5.59. The predicted octanol–water partition coefficient (Wildman–Crippen LogP) is 2.23. The summed E-state index contributed by atoms with van der Waals surface area (Å²) in [6.45, 7) is 0. The molecule has 1 heterocycles. The predicted molar refractivity (Wildman–Crippen MR) is 70.0 cm³/mol. The number of hydrogen-bond donors (Lipinski definition) is 1. The molecule has 2 N–H and O–H groups in total. The molecule has 0 radical (unpaired) electrons. The molecule has 0 aliphatic heterocycles. The zero-order chi connectivity index (χ0) is 14.7. The molecule has 0 aliphatic carbocycles. The van der Waals surface area contributed by atoms with E-state index in [1.165, 1.54) is 18.2 Å². The van der Waals surface area contributed by atoms with Gasteiger partial charge in [0.25, 0.3) is 0 Å². The number of aldehydes is 1. The molecule has 0 fully saturated rings. The quantitative estimate of drug-likeness (QED) is 0.397. The van der Waals surface area contributed by atoms with Crippen molar-refractivity contribution >= 4 is 29.5 Å². The van der Waals surface area contributed by atoms with E-state index in [2.05, 4.69) is 9.97 Å². The van der Waals surface area contributed by atoms with Gasteiger partial charge < -0.3 is 10.5 Å². The Labute approximate surface area is 117 Å². The Morgan fingerprint density at radius 1 is 1.35 bits per heavy atom. The van der Waals surface area contributed by atoms with Crippen LogP contribution >= 0.6 is 11.6 Å². The van der Waals surface area contributed by atoms with Crippen molar-refractivity contribution in [3.05, 3.63) is 45.1 Å². The number of halogens is 1. The van der Waals surface area contributed by atoms with E-state index in [0.717, 1.165) is 6.07 Å². The summed E-state index contributed by atoms with van der Waals surface area (Å²) in [6.07, 6.45) is 0.540. The highest BCUT2D eigenvalue weighted by Crippen LogP contribution is 2.31. The Bertz CT molecular complexity index is 672. The van der Waals surface area contributed by atoms with Gasteiger partial charge in [-0.25, -0.2) is 4.98 Å². The number of nitrogen functional groups attached to an aromatic ring is 1. The summed E-state index contributed by atoms with van der Waals surface area (Å²) in [4.78, 5) is 28.3. The molecule has 0 saturated heterocycles. The molecule has 0 unspecified atom stereocenters. The van der Waals surface area contributed by atoms with E-state index in [1.54, 1.807) is 0 Å². The van der Waals surface area contributed by atoms with Crippen molar-refractivity contribution in [2.45, 2.75) is 0 Å². The summed E-state index contributed by atoms with van der Waals surface area (Å²) >= 11 is 5.68. The molecule has 1 aromatic carbocycles. The zero-order valence-corrected chi connectivity index (χ0v) is 10.6. The molecule has 0 amide bonds. The minimum atomic E-state index is -0.643. The molecular formula is C11H7ClN4O4. The minimum Gasteiger partial charge on any atom is -0.432 e. The Hall–Kier alpha value is -2.74. The summed E-state index contributed by atoms with van der Waals surface area (Å²) in [6, 6.07) is 4.93. The van der Waals surface area contributed by atoms with Crippen LogP contribution in [0.3, 0.4) is 0 Å². The van der Waals surface area contributed by atoms with Crippen molar-refractivity contribution in [3.63, 3.8) is 0 Å². The maximum Gasteiger partial charge on any atom is 0.311 e. The maximum absolute atomic E-state index is 10.9. The fourth-order valence-electron chi connectivity index (χ4n) is 1.42. The normalized spacial score (nSPS) is 10.1. The van der Waals surface area contributed by atoms with Crippen LogP contribution in [0.1, 0.15) is 10.4 Å². The lowest BCUT2D eigenvalue weighted by Crippen LogP contribution is -1.99. The van der Waals surface area contributed by atoms with Gasteiger partial charge in [0.05, 0.1) is 4.92 Å². The lowest BCUT2D eigenvalue weighted by molar-refractivity contribution is -0.385. The molecule has 9 heteroatoms. The number of carbonyl (C=O) groups is 1. The van der Waals surface area contributed by atoms with Crippen LogP contribution in [-0.4, -0.2) is 21.2 Å². The topological polar surface area (TPSA) is 121 Å². The molecule has 0 atom stereocenters. The number of aromatic nitrogens is 2. The molecule has 1 aromatic heterocycles. The van der Waals surface area contributed by atoms with Crippen molar-refractivity contribution in [1.82, 2.24) is 9.97 Å². The second-order valence-electron chi connectivity index (χ2n) is 3.59. The number of anilines is 1. The Morgan fingerprint density at radius 2 is 2.10 bits per heavy atom. The van der Waals surface area contributed by atoms with Crippen molar-refractivity contribution in [3.8, 4) is 11.6 Å². The first kappa shape index (κ1) is 13.7. The van der Waals surface area contributed by atoms with Crippen molar-refractivity contribution < 1.29 is 14.5 Å². The Balaban J connectivity index is 2.45. The van der Waals surface area contributed by atoms with Crippen LogP contribution < -0.4 is 10.5 Å². The van der Waals surface area contributed by atoms with Gasteiger partial charge in [0.15, 0.2) is 0 Å². The molecule has 2 rings (SSSR count). The van der Waals surface area contributed by atoms with Gasteiger partial charge in [-0.1, -0.05) is 11.6 Å². The standard InChI is InChI=1S/C11H7ClN4O4/c12-9-4-10(15-11(13)14-9)20-8-3-6(5-17)1-2-7(8)16(18)19/h1-5H,(H2,13,14,15). The molecule has 0 saturated carbocycles. The van der Waals surface area contributed by atoms with Crippen LogP contribution in [0.25, 0.3) is 0 Å². The summed E-state index contributed by atoms with van der Waals surface area (Å²) in [5.41, 5.74) is 5.30. The smallest absolute Gasteiger partial charge is 0.311 e. The SMILES string of the molecule is Nc1nc(Cl)cc(Oc2cc(C=O)ccc2[N+](=O)[O-])n1. The van der Waals surface area contributed by atoms with Crippen molar-refractivity contribution in [1.29, 1.82) is 0 Å². The van der Waals surface area contributed by atoms with Crippen LogP contribution in [0, 0.1) is 10.1 Å². The van der Waals surface area contributed by atoms with Gasteiger partial charge in [0.1, 0.15) is 11.4 Å². The van der Waals surface area contributed by atoms with E-state index in [4.69, 9.17) is 22.1 Å². The van der Waals surface area contributed by atoms with Crippen LogP contribution in [0.4, 0.5) is 11.6 Å². The first-order chi connectivity index (χ1) is 9.49. The van der Waals surface area contributed by atoms with Crippen molar-refractivity contribution in [2.24, 2.45) is 0 Å². The number of hydrogen-bond acceptors (Lipinski definition) is 7. The molecule has 8 nitrogen and oxygen atoms in total. The third-order valence-electron chi connectivity index (χ3n) is 2.22. The number of nitro benzene ring substituents is 1. The number of nitrogens with two attached hydrogens (primary N) is 1. The molecular weight excluding hydrogens is 288 g/mol. The Kier molecular flexibility index (Phi) is 3.76. The van der Waals surface area contributed by atoms with E-state index >= 15 is 0 Å². The van der Waals surface area contributed by atoms with Gasteiger partial charge in [-0.3, -0.25) is 14.9 Å². The van der Waals surface area contributed by atoms with E-state index in [-0.39, 0.29) is 34.0 Å². The molecule has 0 aliphatic rings. The zero-order valence-electron chi connectivity index (χ0n) is 9.82. The van der Waals surface area contributed by atoms with Gasteiger partial charge in [-0.15, -0.1) is 0 Å². The summed E-state index contributed by atoms with van der Waals surface area (Å²) in [7, 11) is 0. The monoisotopic (exact) mass is 294 g/mol. The van der Waals surface area contributed by atoms with Crippen LogP contribution in [-0.2, 0) is 0 Å². The first-order valence-electron chi connectivity index (χ1n) is 5.21. The van der Waals surface area contributed by atoms with Gasteiger partial charge in [0.2, 0.25) is 17.6 Å². The highest BCUT2D eigenvalue weighted by atomic mass is 35.5. The molecule has 2 aromatic rings. The third-order valence-corrected chi connectivity index (χ3v) is 2.41. The fraction of sp³-hybridized carbons (Fsp3) is 0. The molecule has 0 bridgehead atoms. The van der Waals surface area contributed by atoms with E-state index in [9.17, 15) is 14.9 Å². The van der Waals surface area contributed by atoms with Gasteiger partial charge in [-0.05, 0) is 12.1 Å². The van der Waals surface area contributed by atoms with Crippen LogP contribution in [0.5, 0.6) is 11.6 Å². The number of rotatable bonds is 4. The fourth-order valence-corrected chi connectivity index (χ4v) is 1.60. The van der Waals surface area contributed by atoms with Crippen LogP contribution in [0.2, 0.25) is 5.15 Å². The van der Waals surface area contributed by atoms with Crippen LogP contribution in [0.15, 0.2) is 24.3 Å². The minimum absolute atomic E-state index is 0.0293. The molecule has 20 heavy (non-hydrogen) atoms. The lowest BCUT2D eigenvalue weighted by atomic mass is 10.2. The lowest BCUT2D eigenvalue weighted by Gasteiger charge is -2.06. The average Bonchev–Trinajstić information content (AvgIpc) is 2.37. The number of carbonyl (C=O) groups excluding carboxylic acids is 1. The van der Waals surface area contributed by atoms with E-state index in [0.29, 0.717) is 6.29 Å². The van der Waals surface area contributed by atoms with Gasteiger partial charge in [0, 0.05) is 17.7 Å². The number of ether oxygens (including phenoxy) is 1. The molecule has 102 valence electrons. The van der Waals surface area contributed by atoms with Crippen molar-refractivity contribution in [2.75, 3.05) is 5.73 Å². The molecule has 0 spiro atoms. The third kappa shape index (κ3) is 2.98. The summed E-state index contributed by atoms with van der Waals surface area (Å²) < 4.78 is 5.26. The maximum atomic E-state index is 10.9. The number of nitro groups is 1. The second-order valence-corrected chi connectivity index (χ2v) is 3.98. The highest BCUT2D eigenvalue weighted by Gasteiger charge is 2.17. The largest absolute Gasteiger partial charge is 0.432 e. The summed E-state index contributed by atoms with van der Waals surface area (Å²) in [5, 5.41) is 10.9.